The second-order valence-electron chi connectivity index (χ2n) is 1.78. The predicted octanol–water partition coefficient (Wildman–Crippen LogP) is 1.69. The summed E-state index contributed by atoms with van der Waals surface area (Å²) in [5.74, 6) is 0. The fraction of sp³-hybridized carbons (Fsp3) is 0.600. The first-order chi connectivity index (χ1) is 3.84. The van der Waals surface area contributed by atoms with Gasteiger partial charge in [-0.05, 0) is 6.42 Å². The van der Waals surface area contributed by atoms with Gasteiger partial charge in [0.2, 0.25) is 0 Å². The van der Waals surface area contributed by atoms with Crippen LogP contribution in [0.1, 0.15) is 6.42 Å². The lowest BCUT2D eigenvalue weighted by Crippen LogP contribution is -2.09. The van der Waals surface area contributed by atoms with E-state index in [2.05, 4.69) is 5.18 Å². The van der Waals surface area contributed by atoms with Crippen molar-refractivity contribution >= 4 is 11.6 Å². The quantitative estimate of drug-likeness (QED) is 0.303. The monoisotopic (exact) mass is 131 g/mol. The maximum absolute atomic E-state index is 9.84. The molecule has 0 N–H and O–H groups in total. The van der Waals surface area contributed by atoms with Gasteiger partial charge in [0.05, 0.1) is 5.38 Å². The van der Waals surface area contributed by atoms with Crippen LogP contribution in [0.5, 0.6) is 0 Å². The van der Waals surface area contributed by atoms with Gasteiger partial charge in [0.1, 0.15) is 6.04 Å². The first-order valence-corrected chi connectivity index (χ1v) is 2.91. The minimum absolute atomic E-state index is 0.160. The van der Waals surface area contributed by atoms with Crippen molar-refractivity contribution in [3.63, 3.8) is 0 Å². The zero-order valence-electron chi connectivity index (χ0n) is 4.25. The van der Waals surface area contributed by atoms with E-state index in [1.807, 2.05) is 6.08 Å². The second-order valence-corrected chi connectivity index (χ2v) is 2.28. The van der Waals surface area contributed by atoms with Crippen molar-refractivity contribution in [2.45, 2.75) is 17.8 Å². The average molecular weight is 132 g/mol. The van der Waals surface area contributed by atoms with Crippen LogP contribution in [0.2, 0.25) is 0 Å². The predicted molar refractivity (Wildman–Crippen MR) is 33.0 cm³/mol. The Bertz CT molecular complexity index is 124. The molecule has 2 nitrogen and oxygen atoms in total. The fourth-order valence-electron chi connectivity index (χ4n) is 0.707. The van der Waals surface area contributed by atoms with E-state index in [0.717, 1.165) is 0 Å². The smallest absolute Gasteiger partial charge is 0.115 e. The Morgan fingerprint density at radius 3 is 2.75 bits per heavy atom. The van der Waals surface area contributed by atoms with Crippen LogP contribution in [0.25, 0.3) is 0 Å². The highest BCUT2D eigenvalue weighted by molar-refractivity contribution is 6.22. The standard InChI is InChI=1S/C5H6ClNO/c6-4-2-1-3-5(4)7-8/h1-2,4-5H,3H2/t4-,5+/m0/s1. The summed E-state index contributed by atoms with van der Waals surface area (Å²) in [5.41, 5.74) is 0. The molecule has 0 aromatic heterocycles. The van der Waals surface area contributed by atoms with E-state index in [9.17, 15) is 4.91 Å². The molecule has 0 amide bonds. The largest absolute Gasteiger partial charge is 0.150 e. The van der Waals surface area contributed by atoms with E-state index in [4.69, 9.17) is 11.6 Å². The van der Waals surface area contributed by atoms with Crippen LogP contribution in [-0.4, -0.2) is 11.4 Å². The van der Waals surface area contributed by atoms with E-state index in [0.29, 0.717) is 6.42 Å². The molecule has 0 fully saturated rings. The van der Waals surface area contributed by atoms with Crippen molar-refractivity contribution < 1.29 is 0 Å². The third-order valence-electron chi connectivity index (χ3n) is 1.20. The van der Waals surface area contributed by atoms with E-state index < -0.39 is 0 Å². The fourth-order valence-corrected chi connectivity index (χ4v) is 0.959. The second kappa shape index (κ2) is 2.27. The molecule has 2 atom stereocenters. The van der Waals surface area contributed by atoms with Crippen LogP contribution in [0, 0.1) is 4.91 Å². The molecule has 0 radical (unpaired) electrons. The Balaban J connectivity index is 2.50. The number of nitroso groups, excluding NO2 is 1. The van der Waals surface area contributed by atoms with Crippen LogP contribution in [0.15, 0.2) is 17.3 Å². The summed E-state index contributed by atoms with van der Waals surface area (Å²) in [6.45, 7) is 0. The van der Waals surface area contributed by atoms with Crippen molar-refractivity contribution in [3.05, 3.63) is 17.1 Å². The summed E-state index contributed by atoms with van der Waals surface area (Å²) in [4.78, 5) is 9.84. The number of rotatable bonds is 1. The van der Waals surface area contributed by atoms with Crippen LogP contribution in [-0.2, 0) is 0 Å². The molecule has 0 aromatic carbocycles. The Morgan fingerprint density at radius 2 is 2.50 bits per heavy atom. The van der Waals surface area contributed by atoms with Gasteiger partial charge in [-0.2, -0.15) is 4.91 Å². The molecular weight excluding hydrogens is 126 g/mol. The summed E-state index contributed by atoms with van der Waals surface area (Å²) < 4.78 is 0. The van der Waals surface area contributed by atoms with Crippen LogP contribution < -0.4 is 0 Å². The topological polar surface area (TPSA) is 29.4 Å². The summed E-state index contributed by atoms with van der Waals surface area (Å²) in [5, 5.41) is 2.66. The molecule has 3 heteroatoms. The minimum Gasteiger partial charge on any atom is -0.150 e. The normalized spacial score (nSPS) is 35.6. The molecule has 0 spiro atoms. The van der Waals surface area contributed by atoms with Crippen LogP contribution in [0.3, 0.4) is 0 Å². The zero-order valence-corrected chi connectivity index (χ0v) is 5.01. The molecule has 1 aliphatic rings. The van der Waals surface area contributed by atoms with E-state index in [-0.39, 0.29) is 11.4 Å². The third-order valence-corrected chi connectivity index (χ3v) is 1.64. The molecule has 8 heavy (non-hydrogen) atoms. The Labute approximate surface area is 52.5 Å². The van der Waals surface area contributed by atoms with Gasteiger partial charge in [0.25, 0.3) is 0 Å². The van der Waals surface area contributed by atoms with E-state index >= 15 is 0 Å². The van der Waals surface area contributed by atoms with Crippen molar-refractivity contribution in [3.8, 4) is 0 Å². The molecule has 44 valence electrons. The van der Waals surface area contributed by atoms with Gasteiger partial charge in [-0.1, -0.05) is 17.3 Å². The highest BCUT2D eigenvalue weighted by Crippen LogP contribution is 2.18. The van der Waals surface area contributed by atoms with Gasteiger partial charge in [-0.25, -0.2) is 0 Å². The third kappa shape index (κ3) is 0.892. The first-order valence-electron chi connectivity index (χ1n) is 2.48. The summed E-state index contributed by atoms with van der Waals surface area (Å²) in [6, 6.07) is -0.211. The summed E-state index contributed by atoms with van der Waals surface area (Å²) in [6.07, 6.45) is 4.38. The summed E-state index contributed by atoms with van der Waals surface area (Å²) in [7, 11) is 0. The highest BCUT2D eigenvalue weighted by atomic mass is 35.5. The number of alkyl halides is 1. The van der Waals surface area contributed by atoms with E-state index in [1.54, 1.807) is 6.08 Å². The van der Waals surface area contributed by atoms with Crippen LogP contribution >= 0.6 is 11.6 Å². The van der Waals surface area contributed by atoms with Gasteiger partial charge in [0.15, 0.2) is 0 Å². The lowest BCUT2D eigenvalue weighted by Gasteiger charge is -1.99. The molecule has 0 aliphatic heterocycles. The highest BCUT2D eigenvalue weighted by Gasteiger charge is 2.20. The number of hydrogen-bond acceptors (Lipinski definition) is 2. The van der Waals surface area contributed by atoms with Crippen LogP contribution in [0.4, 0.5) is 0 Å². The maximum Gasteiger partial charge on any atom is 0.115 e. The van der Waals surface area contributed by atoms with Crippen molar-refractivity contribution in [1.29, 1.82) is 0 Å². The Hall–Kier alpha value is -0.370. The minimum atomic E-state index is -0.211. The lowest BCUT2D eigenvalue weighted by molar-refractivity contribution is 0.734. The molecule has 0 aromatic rings. The van der Waals surface area contributed by atoms with Crippen molar-refractivity contribution in [2.24, 2.45) is 5.18 Å². The molecule has 0 heterocycles. The van der Waals surface area contributed by atoms with Gasteiger partial charge in [0, 0.05) is 0 Å². The lowest BCUT2D eigenvalue weighted by atomic mass is 10.2. The van der Waals surface area contributed by atoms with Gasteiger partial charge in [-0.15, -0.1) is 11.6 Å². The maximum atomic E-state index is 9.84. The van der Waals surface area contributed by atoms with Crippen molar-refractivity contribution in [2.75, 3.05) is 0 Å². The zero-order chi connectivity index (χ0) is 5.98. The molecule has 0 saturated heterocycles. The van der Waals surface area contributed by atoms with Crippen molar-refractivity contribution in [1.82, 2.24) is 0 Å². The molecule has 0 saturated carbocycles. The molecule has 1 rings (SSSR count). The van der Waals surface area contributed by atoms with Gasteiger partial charge < -0.3 is 0 Å². The SMILES string of the molecule is O=N[C@@H]1CC=C[C@@H]1Cl. The Morgan fingerprint density at radius 1 is 1.75 bits per heavy atom. The first kappa shape index (κ1) is 5.76. The van der Waals surface area contributed by atoms with E-state index in [1.165, 1.54) is 0 Å². The molecule has 1 aliphatic carbocycles. The number of halogens is 1. The molecule has 0 unspecified atom stereocenters. The molecular formula is C5H6ClNO. The van der Waals surface area contributed by atoms with Gasteiger partial charge >= 0.3 is 0 Å². The number of nitrogens with zero attached hydrogens (tertiary/aromatic N) is 1. The summed E-state index contributed by atoms with van der Waals surface area (Å²) >= 11 is 5.60. The number of hydrogen-bond donors (Lipinski definition) is 0. The van der Waals surface area contributed by atoms with Gasteiger partial charge in [-0.3, -0.25) is 0 Å². The Kier molecular flexibility index (Phi) is 1.63. The molecule has 0 bridgehead atoms. The average Bonchev–Trinajstić information content (AvgIpc) is 2.14.